The summed E-state index contributed by atoms with van der Waals surface area (Å²) in [6.07, 6.45) is -7.97. The zero-order chi connectivity index (χ0) is 33.3. The molecule has 6 N–H and O–H groups in total. The van der Waals surface area contributed by atoms with E-state index in [0.29, 0.717) is 12.1 Å². The number of aromatic carboxylic acids is 2. The lowest BCUT2D eigenvalue weighted by Crippen LogP contribution is -2.14. The highest BCUT2D eigenvalue weighted by Crippen LogP contribution is 2.35. The fourth-order valence-electron chi connectivity index (χ4n) is 3.91. The van der Waals surface area contributed by atoms with Crippen molar-refractivity contribution in [1.29, 1.82) is 5.53 Å². The molecule has 0 unspecified atom stereocenters. The van der Waals surface area contributed by atoms with Crippen molar-refractivity contribution in [2.45, 2.75) is 12.4 Å². The van der Waals surface area contributed by atoms with Crippen molar-refractivity contribution in [1.82, 2.24) is 20.0 Å². The number of carbonyl (C=O) groups excluding carboxylic acids is 1. The van der Waals surface area contributed by atoms with E-state index in [2.05, 4.69) is 25.7 Å². The number of rotatable bonds is 9. The Kier molecular flexibility index (Phi) is 8.38. The molecule has 0 saturated carbocycles. The third-order valence-corrected chi connectivity index (χ3v) is 5.98. The molecule has 0 bridgehead atoms. The molecule has 2 heterocycles. The summed E-state index contributed by atoms with van der Waals surface area (Å²) in [5.74, 6) is -4.59. The summed E-state index contributed by atoms with van der Waals surface area (Å²) >= 11 is 0. The number of nitrogens with zero attached hydrogens (tertiary/aromatic N) is 5. The molecule has 0 aliphatic carbocycles. The van der Waals surface area contributed by atoms with E-state index in [4.69, 9.17) is 21.5 Å². The first-order chi connectivity index (χ1) is 21.0. The molecule has 13 nitrogen and oxygen atoms in total. The zero-order valence-corrected chi connectivity index (χ0v) is 22.0. The Morgan fingerprint density at radius 1 is 0.889 bits per heavy atom. The van der Waals surface area contributed by atoms with E-state index in [1.165, 1.54) is 0 Å². The van der Waals surface area contributed by atoms with Gasteiger partial charge in [0.2, 0.25) is 5.91 Å². The average molecular weight is 634 g/mol. The van der Waals surface area contributed by atoms with Gasteiger partial charge in [-0.3, -0.25) is 4.79 Å². The van der Waals surface area contributed by atoms with E-state index >= 15 is 0 Å². The highest BCUT2D eigenvalue weighted by atomic mass is 19.4. The number of carbonyl (C=O) groups is 3. The van der Waals surface area contributed by atoms with Crippen LogP contribution in [0.4, 0.5) is 32.0 Å². The lowest BCUT2D eigenvalue weighted by atomic mass is 10.1. The predicted molar refractivity (Wildman–Crippen MR) is 140 cm³/mol. The van der Waals surface area contributed by atoms with E-state index in [0.717, 1.165) is 53.5 Å². The maximum Gasteiger partial charge on any atom is 0.417 e. The Labute approximate surface area is 246 Å². The number of nitrogens with two attached hydrogens (primary N) is 1. The molecule has 0 saturated heterocycles. The Balaban J connectivity index is 1.73. The molecule has 0 radical (unpaired) electrons. The monoisotopic (exact) mass is 634 g/mol. The molecule has 2 aromatic carbocycles. The molecule has 0 fully saturated rings. The molecule has 4 aromatic rings. The zero-order valence-electron chi connectivity index (χ0n) is 22.0. The van der Waals surface area contributed by atoms with Crippen LogP contribution in [-0.2, 0) is 12.4 Å². The second-order valence-electron chi connectivity index (χ2n) is 8.92. The second kappa shape index (κ2) is 11.9. The van der Waals surface area contributed by atoms with Crippen molar-refractivity contribution < 1.29 is 50.9 Å². The van der Waals surface area contributed by atoms with Gasteiger partial charge in [0.15, 0.2) is 0 Å². The maximum absolute atomic E-state index is 13.5. The number of anilines is 1. The minimum atomic E-state index is -5.01. The molecule has 1 amide bonds. The van der Waals surface area contributed by atoms with Crippen LogP contribution in [-0.4, -0.2) is 48.0 Å². The number of primary amides is 1. The molecule has 0 aliphatic rings. The molecule has 0 spiro atoms. The van der Waals surface area contributed by atoms with E-state index in [9.17, 15) is 40.7 Å². The number of alkyl halides is 6. The topological polar surface area (TPSA) is 210 Å². The molecule has 0 atom stereocenters. The Morgan fingerprint density at radius 2 is 1.49 bits per heavy atom. The SMILES string of the molecule is N=N/C(=C\Nc1ccc(C(=O)O)c(C(F)(F)F)c1)c1cc(C(N)=O)cc(-c2cn(-c3ccc(C(=O)O)c(C(F)(F)F)c3)nn2)n1. The van der Waals surface area contributed by atoms with Crippen molar-refractivity contribution >= 4 is 29.2 Å². The van der Waals surface area contributed by atoms with Crippen molar-refractivity contribution in [3.05, 3.63) is 94.4 Å². The Bertz CT molecular complexity index is 1880. The van der Waals surface area contributed by atoms with Crippen LogP contribution in [0.1, 0.15) is 47.9 Å². The number of amides is 1. The number of nitrogens with one attached hydrogen (secondary N) is 2. The van der Waals surface area contributed by atoms with Gasteiger partial charge in [-0.05, 0) is 48.5 Å². The van der Waals surface area contributed by atoms with Gasteiger partial charge < -0.3 is 21.3 Å². The summed E-state index contributed by atoms with van der Waals surface area (Å²) in [4.78, 5) is 38.7. The average Bonchev–Trinajstić information content (AvgIpc) is 3.46. The molecule has 232 valence electrons. The minimum Gasteiger partial charge on any atom is -0.478 e. The Morgan fingerprint density at radius 3 is 2.04 bits per heavy atom. The summed E-state index contributed by atoms with van der Waals surface area (Å²) in [5, 5.41) is 31.4. The number of pyridine rings is 1. The number of carboxylic acid groups (broad SMARTS) is 2. The van der Waals surface area contributed by atoms with Gasteiger partial charge in [-0.25, -0.2) is 24.8 Å². The quantitative estimate of drug-likeness (QED) is 0.119. The van der Waals surface area contributed by atoms with Crippen molar-refractivity contribution in [2.24, 2.45) is 10.8 Å². The lowest BCUT2D eigenvalue weighted by Gasteiger charge is -2.12. The van der Waals surface area contributed by atoms with Crippen LogP contribution >= 0.6 is 0 Å². The highest BCUT2D eigenvalue weighted by molar-refractivity contribution is 5.94. The van der Waals surface area contributed by atoms with Gasteiger partial charge in [0.1, 0.15) is 11.4 Å². The summed E-state index contributed by atoms with van der Waals surface area (Å²) in [6, 6.07) is 6.83. The summed E-state index contributed by atoms with van der Waals surface area (Å²) < 4.78 is 81.4. The largest absolute Gasteiger partial charge is 0.478 e. The van der Waals surface area contributed by atoms with Crippen molar-refractivity contribution in [2.75, 3.05) is 5.32 Å². The first-order valence-electron chi connectivity index (χ1n) is 12.0. The number of aromatic nitrogens is 4. The Hall–Kier alpha value is -6.14. The van der Waals surface area contributed by atoms with Gasteiger partial charge in [0.25, 0.3) is 0 Å². The van der Waals surface area contributed by atoms with E-state index in [1.807, 2.05) is 0 Å². The molecule has 19 heteroatoms. The third-order valence-electron chi connectivity index (χ3n) is 5.98. The van der Waals surface area contributed by atoms with Crippen LogP contribution in [0.5, 0.6) is 0 Å². The van der Waals surface area contributed by atoms with Gasteiger partial charge in [-0.15, -0.1) is 5.10 Å². The number of hydrogen-bond donors (Lipinski definition) is 5. The first kappa shape index (κ1) is 31.8. The molecular formula is C26H16F6N8O5. The highest BCUT2D eigenvalue weighted by Gasteiger charge is 2.36. The van der Waals surface area contributed by atoms with Gasteiger partial charge in [-0.2, -0.15) is 31.5 Å². The molecule has 45 heavy (non-hydrogen) atoms. The van der Waals surface area contributed by atoms with Gasteiger partial charge in [-0.1, -0.05) is 5.21 Å². The van der Waals surface area contributed by atoms with Crippen LogP contribution < -0.4 is 11.1 Å². The standard InChI is InChI=1S/C26H16F6N8O5/c27-25(28,29)16-7-12(1-3-14(16)23(42)43)35-9-20(37-34)18-5-11(22(33)41)6-19(36-18)21-10-40(39-38-21)13-2-4-15(24(44)45)17(8-13)26(30,31)32/h1-10,34-35H,(H2,33,41)(H,42,43)(H,44,45)/b20-9-,37-34?. The van der Waals surface area contributed by atoms with Crippen molar-refractivity contribution in [3.63, 3.8) is 0 Å². The minimum absolute atomic E-state index is 0.119. The second-order valence-corrected chi connectivity index (χ2v) is 8.92. The van der Waals surface area contributed by atoms with Gasteiger partial charge in [0, 0.05) is 17.5 Å². The number of benzene rings is 2. The van der Waals surface area contributed by atoms with Gasteiger partial charge in [0.05, 0.1) is 45.5 Å². The number of hydrogen-bond acceptors (Lipinski definition) is 9. The lowest BCUT2D eigenvalue weighted by molar-refractivity contribution is -0.138. The maximum atomic E-state index is 13.5. The first-order valence-corrected chi connectivity index (χ1v) is 12.0. The van der Waals surface area contributed by atoms with E-state index in [-0.39, 0.29) is 39.7 Å². The van der Waals surface area contributed by atoms with Crippen molar-refractivity contribution in [3.8, 4) is 17.1 Å². The summed E-state index contributed by atoms with van der Waals surface area (Å²) in [7, 11) is 0. The molecule has 0 aliphatic heterocycles. The molecule has 2 aromatic heterocycles. The van der Waals surface area contributed by atoms with Crippen LogP contribution in [0.3, 0.4) is 0 Å². The predicted octanol–water partition coefficient (Wildman–Crippen LogP) is 5.30. The summed E-state index contributed by atoms with van der Waals surface area (Å²) in [5.41, 5.74) is 6.55. The third kappa shape index (κ3) is 6.92. The van der Waals surface area contributed by atoms with Crippen LogP contribution in [0.15, 0.2) is 66.0 Å². The number of halogens is 6. The van der Waals surface area contributed by atoms with Gasteiger partial charge >= 0.3 is 24.3 Å². The van der Waals surface area contributed by atoms with Crippen LogP contribution in [0.2, 0.25) is 0 Å². The van der Waals surface area contributed by atoms with E-state index < -0.39 is 52.5 Å². The number of carboxylic acids is 2. The van der Waals surface area contributed by atoms with Crippen LogP contribution in [0, 0.1) is 5.53 Å². The summed E-state index contributed by atoms with van der Waals surface area (Å²) in [6.45, 7) is 0. The fourth-order valence-corrected chi connectivity index (χ4v) is 3.91. The van der Waals surface area contributed by atoms with E-state index in [1.54, 1.807) is 0 Å². The molecular weight excluding hydrogens is 618 g/mol. The normalized spacial score (nSPS) is 12.1. The molecule has 4 rings (SSSR count). The smallest absolute Gasteiger partial charge is 0.417 e. The fraction of sp³-hybridized carbons (Fsp3) is 0.0769. The van der Waals surface area contributed by atoms with Crippen LogP contribution in [0.25, 0.3) is 22.8 Å².